The summed E-state index contributed by atoms with van der Waals surface area (Å²) in [7, 11) is 0. The molecule has 0 saturated carbocycles. The van der Waals surface area contributed by atoms with Gasteiger partial charge in [-0.1, -0.05) is 24.1 Å². The van der Waals surface area contributed by atoms with Gasteiger partial charge < -0.3 is 29.6 Å². The number of carbonyl (C=O) groups is 1. The molecule has 4 rings (SSSR count). The predicted molar refractivity (Wildman–Crippen MR) is 108 cm³/mol. The molecule has 3 aromatic rings. The molecule has 0 radical (unpaired) electrons. The van der Waals surface area contributed by atoms with Gasteiger partial charge in [-0.25, -0.2) is 9.78 Å². The van der Waals surface area contributed by atoms with E-state index < -0.39 is 30.7 Å². The first-order valence-corrected chi connectivity index (χ1v) is 9.32. The van der Waals surface area contributed by atoms with Crippen LogP contribution < -0.4 is 10.5 Å². The Bertz CT molecular complexity index is 1130. The third-order valence-electron chi connectivity index (χ3n) is 4.79. The first kappa shape index (κ1) is 20.0. The number of benzene rings is 1. The van der Waals surface area contributed by atoms with E-state index in [0.717, 1.165) is 0 Å². The number of hydrogen-bond donors (Lipinski definition) is 2. The lowest BCUT2D eigenvalue weighted by Gasteiger charge is -2.25. The van der Waals surface area contributed by atoms with Crippen molar-refractivity contribution < 1.29 is 24.1 Å². The van der Waals surface area contributed by atoms with Gasteiger partial charge in [-0.2, -0.15) is 4.98 Å². The third-order valence-corrected chi connectivity index (χ3v) is 4.96. The number of hydrogen-bond acceptors (Lipinski definition) is 8. The maximum atomic E-state index is 12.0. The van der Waals surface area contributed by atoms with Crippen LogP contribution in [0.2, 0.25) is 5.28 Å². The van der Waals surface area contributed by atoms with Gasteiger partial charge in [0, 0.05) is 12.6 Å². The van der Waals surface area contributed by atoms with E-state index in [-0.39, 0.29) is 17.5 Å². The second-order valence-corrected chi connectivity index (χ2v) is 6.99. The van der Waals surface area contributed by atoms with Crippen molar-refractivity contribution in [3.8, 4) is 18.1 Å². The molecule has 1 saturated heterocycles. The van der Waals surface area contributed by atoms with E-state index in [9.17, 15) is 9.90 Å². The highest BCUT2D eigenvalue weighted by atomic mass is 35.5. The Balaban J connectivity index is 1.50. The van der Waals surface area contributed by atoms with Crippen LogP contribution in [-0.2, 0) is 9.47 Å². The molecule has 1 aliphatic rings. The summed E-state index contributed by atoms with van der Waals surface area (Å²) in [6.07, 6.45) is 4.69. The number of ether oxygens (including phenoxy) is 3. The fraction of sp³-hybridized carbons (Fsp3) is 0.250. The number of nitrogens with zero attached hydrogens (tertiary/aromatic N) is 3. The Hall–Kier alpha value is -3.32. The van der Waals surface area contributed by atoms with Crippen molar-refractivity contribution in [3.05, 3.63) is 47.9 Å². The monoisotopic (exact) mass is 428 g/mol. The number of aromatic nitrogens is 3. The van der Waals surface area contributed by atoms with Crippen LogP contribution in [0.15, 0.2) is 42.6 Å². The second-order valence-electron chi connectivity index (χ2n) is 6.65. The zero-order valence-electron chi connectivity index (χ0n) is 15.6. The lowest BCUT2D eigenvalue weighted by Crippen LogP contribution is -2.43. The standard InChI is InChI=1S/C20H17ClN4O5/c1-2-20(11-28-19(27)29-12-6-4-3-5-7-12)14(26)10-15(30-20)25-9-8-13-16(22)23-18(21)24-17(13)25/h1,3-9,14-15,26H,10-11H2,(H2,22,23,24)/t14-,15+,20+/m0/s1. The van der Waals surface area contributed by atoms with E-state index in [1.807, 2.05) is 0 Å². The lowest BCUT2D eigenvalue weighted by molar-refractivity contribution is -0.0944. The summed E-state index contributed by atoms with van der Waals surface area (Å²) in [6.45, 7) is -0.399. The largest absolute Gasteiger partial charge is 0.513 e. The van der Waals surface area contributed by atoms with Gasteiger partial charge in [0.05, 0.1) is 5.39 Å². The normalized spacial score (nSPS) is 23.2. The molecule has 10 heteroatoms. The minimum atomic E-state index is -1.56. The van der Waals surface area contributed by atoms with Gasteiger partial charge in [-0.05, 0) is 29.8 Å². The smallest absolute Gasteiger partial charge is 0.430 e. The van der Waals surface area contributed by atoms with E-state index in [1.165, 1.54) is 0 Å². The molecule has 0 amide bonds. The molecule has 9 nitrogen and oxygen atoms in total. The van der Waals surface area contributed by atoms with Crippen molar-refractivity contribution in [1.82, 2.24) is 14.5 Å². The van der Waals surface area contributed by atoms with Crippen molar-refractivity contribution in [2.75, 3.05) is 12.3 Å². The Labute approximate surface area is 176 Å². The van der Waals surface area contributed by atoms with Crippen LogP contribution in [0, 0.1) is 12.3 Å². The Morgan fingerprint density at radius 1 is 1.40 bits per heavy atom. The van der Waals surface area contributed by atoms with Gasteiger partial charge in [0.1, 0.15) is 36.2 Å². The highest BCUT2D eigenvalue weighted by molar-refractivity contribution is 6.28. The number of aliphatic hydroxyl groups excluding tert-OH is 1. The topological polar surface area (TPSA) is 122 Å². The van der Waals surface area contributed by atoms with Gasteiger partial charge >= 0.3 is 6.16 Å². The molecule has 3 atom stereocenters. The molecule has 1 fully saturated rings. The Kier molecular flexibility index (Phi) is 5.22. The summed E-state index contributed by atoms with van der Waals surface area (Å²) in [5.74, 6) is 2.94. The van der Waals surface area contributed by atoms with Crippen LogP contribution in [0.4, 0.5) is 10.6 Å². The molecule has 1 aliphatic heterocycles. The minimum absolute atomic E-state index is 0.0197. The molecular formula is C20H17ClN4O5. The van der Waals surface area contributed by atoms with E-state index in [2.05, 4.69) is 15.9 Å². The number of halogens is 1. The first-order valence-electron chi connectivity index (χ1n) is 8.95. The Morgan fingerprint density at radius 3 is 2.90 bits per heavy atom. The summed E-state index contributed by atoms with van der Waals surface area (Å²) in [6, 6.07) is 10.1. The fourth-order valence-corrected chi connectivity index (χ4v) is 3.44. The highest BCUT2D eigenvalue weighted by Crippen LogP contribution is 2.39. The third kappa shape index (κ3) is 3.64. The highest BCUT2D eigenvalue weighted by Gasteiger charge is 2.49. The SMILES string of the molecule is C#C[C@]1(COC(=O)Oc2ccccc2)O[C@@H](n2ccc3c(N)nc(Cl)nc32)C[C@@H]1O. The van der Waals surface area contributed by atoms with E-state index in [4.69, 9.17) is 38.0 Å². The van der Waals surface area contributed by atoms with Crippen molar-refractivity contribution in [2.45, 2.75) is 24.4 Å². The van der Waals surface area contributed by atoms with Crippen molar-refractivity contribution in [2.24, 2.45) is 0 Å². The average Bonchev–Trinajstić information content (AvgIpc) is 3.29. The van der Waals surface area contributed by atoms with E-state index >= 15 is 0 Å². The summed E-state index contributed by atoms with van der Waals surface area (Å²) < 4.78 is 17.8. The van der Waals surface area contributed by atoms with Crippen LogP contribution in [0.3, 0.4) is 0 Å². The number of terminal acetylenes is 1. The van der Waals surface area contributed by atoms with Crippen molar-refractivity contribution in [1.29, 1.82) is 0 Å². The molecule has 3 N–H and O–H groups in total. The van der Waals surface area contributed by atoms with Gasteiger partial charge in [-0.15, -0.1) is 6.42 Å². The second kappa shape index (κ2) is 7.84. The minimum Gasteiger partial charge on any atom is -0.430 e. The quantitative estimate of drug-likeness (QED) is 0.281. The molecular weight excluding hydrogens is 412 g/mol. The zero-order chi connectivity index (χ0) is 21.3. The van der Waals surface area contributed by atoms with Gasteiger partial charge in [0.25, 0.3) is 0 Å². The molecule has 0 bridgehead atoms. The van der Waals surface area contributed by atoms with Crippen molar-refractivity contribution >= 4 is 34.6 Å². The zero-order valence-corrected chi connectivity index (χ0v) is 16.3. The number of aliphatic hydroxyl groups is 1. The molecule has 0 unspecified atom stereocenters. The van der Waals surface area contributed by atoms with Crippen LogP contribution in [-0.4, -0.2) is 44.1 Å². The average molecular weight is 429 g/mol. The number of anilines is 1. The summed E-state index contributed by atoms with van der Waals surface area (Å²) in [5, 5.41) is 11.2. The molecule has 30 heavy (non-hydrogen) atoms. The van der Waals surface area contributed by atoms with Crippen LogP contribution in [0.25, 0.3) is 11.0 Å². The number of para-hydroxylation sites is 1. The van der Waals surface area contributed by atoms with E-state index in [1.54, 1.807) is 47.2 Å². The summed E-state index contributed by atoms with van der Waals surface area (Å²) >= 11 is 5.91. The number of nitrogens with two attached hydrogens (primary N) is 1. The van der Waals surface area contributed by atoms with Crippen LogP contribution in [0.1, 0.15) is 12.6 Å². The molecule has 2 aromatic heterocycles. The van der Waals surface area contributed by atoms with Gasteiger partial charge in [0.15, 0.2) is 5.60 Å². The molecule has 0 spiro atoms. The van der Waals surface area contributed by atoms with Crippen LogP contribution in [0.5, 0.6) is 5.75 Å². The first-order chi connectivity index (χ1) is 14.4. The fourth-order valence-electron chi connectivity index (χ4n) is 3.26. The molecule has 1 aromatic carbocycles. The number of carbonyl (C=O) groups excluding carboxylic acids is 1. The van der Waals surface area contributed by atoms with Gasteiger partial charge in [0.2, 0.25) is 5.28 Å². The number of fused-ring (bicyclic) bond motifs is 1. The Morgan fingerprint density at radius 2 is 2.17 bits per heavy atom. The van der Waals surface area contributed by atoms with Crippen molar-refractivity contribution in [3.63, 3.8) is 0 Å². The molecule has 154 valence electrons. The summed E-state index contributed by atoms with van der Waals surface area (Å²) in [4.78, 5) is 20.1. The molecule has 0 aliphatic carbocycles. The van der Waals surface area contributed by atoms with Gasteiger partial charge in [-0.3, -0.25) is 0 Å². The van der Waals surface area contributed by atoms with E-state index in [0.29, 0.717) is 16.8 Å². The lowest BCUT2D eigenvalue weighted by atomic mass is 9.99. The summed E-state index contributed by atoms with van der Waals surface area (Å²) in [5.41, 5.74) is 4.75. The predicted octanol–water partition coefficient (Wildman–Crippen LogP) is 2.53. The number of rotatable bonds is 4. The molecule has 3 heterocycles. The number of nitrogen functional groups attached to an aromatic ring is 1. The van der Waals surface area contributed by atoms with Crippen LogP contribution >= 0.6 is 11.6 Å². The maximum absolute atomic E-state index is 12.0. The maximum Gasteiger partial charge on any atom is 0.513 e.